The normalized spacial score (nSPS) is 12.8. The van der Waals surface area contributed by atoms with E-state index < -0.39 is 6.10 Å². The molecule has 1 atom stereocenters. The van der Waals surface area contributed by atoms with Crippen molar-refractivity contribution in [3.63, 3.8) is 0 Å². The third-order valence-electron chi connectivity index (χ3n) is 2.91. The molecule has 0 aliphatic carbocycles. The second-order valence-electron chi connectivity index (χ2n) is 4.90. The summed E-state index contributed by atoms with van der Waals surface area (Å²) in [5.74, 6) is 0. The fourth-order valence-corrected chi connectivity index (χ4v) is 1.83. The highest BCUT2D eigenvalue weighted by molar-refractivity contribution is 4.97. The van der Waals surface area contributed by atoms with Crippen LogP contribution in [0.25, 0.3) is 0 Å². The van der Waals surface area contributed by atoms with E-state index in [4.69, 9.17) is 4.74 Å². The van der Waals surface area contributed by atoms with Gasteiger partial charge in [-0.3, -0.25) is 4.68 Å². The summed E-state index contributed by atoms with van der Waals surface area (Å²) >= 11 is 0. The van der Waals surface area contributed by atoms with Gasteiger partial charge < -0.3 is 15.2 Å². The third-order valence-corrected chi connectivity index (χ3v) is 2.91. The molecule has 2 N–H and O–H groups in total. The molecule has 1 aromatic heterocycles. The van der Waals surface area contributed by atoms with Crippen molar-refractivity contribution < 1.29 is 9.84 Å². The summed E-state index contributed by atoms with van der Waals surface area (Å²) in [5.41, 5.74) is 0.982. The first-order valence-electron chi connectivity index (χ1n) is 7.17. The number of unbranched alkanes of at least 4 members (excludes halogenated alkanes) is 3. The fraction of sp³-hybridized carbons (Fsp3) is 0.786. The minimum Gasteiger partial charge on any atom is -0.389 e. The van der Waals surface area contributed by atoms with Crippen LogP contribution in [0.5, 0.6) is 0 Å². The van der Waals surface area contributed by atoms with E-state index >= 15 is 0 Å². The van der Waals surface area contributed by atoms with Gasteiger partial charge >= 0.3 is 0 Å². The molecule has 0 saturated heterocycles. The van der Waals surface area contributed by atoms with Gasteiger partial charge in [-0.2, -0.15) is 5.10 Å². The van der Waals surface area contributed by atoms with Crippen molar-refractivity contribution in [2.45, 2.75) is 45.3 Å². The largest absolute Gasteiger partial charge is 0.389 e. The number of rotatable bonds is 11. The maximum Gasteiger partial charge on any atom is 0.0897 e. The van der Waals surface area contributed by atoms with Gasteiger partial charge in [-0.15, -0.1) is 0 Å². The maximum atomic E-state index is 9.72. The van der Waals surface area contributed by atoms with E-state index in [0.29, 0.717) is 19.7 Å². The van der Waals surface area contributed by atoms with Crippen LogP contribution in [-0.4, -0.2) is 40.7 Å². The predicted octanol–water partition coefficient (Wildman–Crippen LogP) is 1.47. The van der Waals surface area contributed by atoms with Crippen LogP contribution in [0.1, 0.15) is 38.3 Å². The van der Waals surface area contributed by atoms with Crippen LogP contribution in [-0.2, 0) is 18.3 Å². The molecule has 5 heteroatoms. The Morgan fingerprint density at radius 3 is 2.95 bits per heavy atom. The maximum absolute atomic E-state index is 9.72. The molecule has 1 aromatic rings. The first-order chi connectivity index (χ1) is 9.22. The second-order valence-corrected chi connectivity index (χ2v) is 4.90. The number of aliphatic hydroxyl groups excluding tert-OH is 1. The first kappa shape index (κ1) is 16.1. The van der Waals surface area contributed by atoms with Gasteiger partial charge in [-0.1, -0.05) is 26.2 Å². The van der Waals surface area contributed by atoms with Gasteiger partial charge in [0.1, 0.15) is 0 Å². The molecular formula is C14H27N3O2. The minimum absolute atomic E-state index is 0.404. The number of nitrogens with one attached hydrogen (secondary N) is 1. The number of ether oxygens (including phenoxy) is 1. The number of nitrogens with zero attached hydrogens (tertiary/aromatic N) is 2. The van der Waals surface area contributed by atoms with Crippen molar-refractivity contribution in [2.24, 2.45) is 7.05 Å². The van der Waals surface area contributed by atoms with Gasteiger partial charge in [-0.05, 0) is 12.5 Å². The van der Waals surface area contributed by atoms with E-state index in [2.05, 4.69) is 17.3 Å². The molecule has 0 spiro atoms. The summed E-state index contributed by atoms with van der Waals surface area (Å²) in [6.07, 6.45) is 6.26. The number of aliphatic hydroxyl groups is 1. The van der Waals surface area contributed by atoms with Crippen molar-refractivity contribution >= 4 is 0 Å². The zero-order valence-electron chi connectivity index (χ0n) is 12.1. The average molecular weight is 269 g/mol. The zero-order valence-corrected chi connectivity index (χ0v) is 12.1. The fourth-order valence-electron chi connectivity index (χ4n) is 1.83. The average Bonchev–Trinajstić information content (AvgIpc) is 2.79. The van der Waals surface area contributed by atoms with Crippen LogP contribution in [0.15, 0.2) is 12.3 Å². The zero-order chi connectivity index (χ0) is 13.9. The van der Waals surface area contributed by atoms with Gasteiger partial charge in [0.25, 0.3) is 0 Å². The Balaban J connectivity index is 1.94. The Morgan fingerprint density at radius 1 is 1.42 bits per heavy atom. The number of hydrogen-bond acceptors (Lipinski definition) is 4. The van der Waals surface area contributed by atoms with Crippen LogP contribution in [0.4, 0.5) is 0 Å². The molecule has 0 saturated carbocycles. The van der Waals surface area contributed by atoms with Crippen molar-refractivity contribution in [3.8, 4) is 0 Å². The molecule has 1 heterocycles. The number of aromatic nitrogens is 2. The Hall–Kier alpha value is -0.910. The summed E-state index contributed by atoms with van der Waals surface area (Å²) in [7, 11) is 1.89. The van der Waals surface area contributed by atoms with E-state index in [9.17, 15) is 5.11 Å². The molecule has 0 fully saturated rings. The molecule has 0 aliphatic rings. The summed E-state index contributed by atoms with van der Waals surface area (Å²) in [6.45, 7) is 4.55. The van der Waals surface area contributed by atoms with Gasteiger partial charge in [0.05, 0.1) is 18.4 Å². The molecule has 0 bridgehead atoms. The Bertz CT molecular complexity index is 328. The number of aryl methyl sites for hydroxylation is 1. The van der Waals surface area contributed by atoms with Crippen molar-refractivity contribution in [3.05, 3.63) is 18.0 Å². The summed E-state index contributed by atoms with van der Waals surface area (Å²) in [6, 6.07) is 1.96. The minimum atomic E-state index is -0.449. The summed E-state index contributed by atoms with van der Waals surface area (Å²) in [4.78, 5) is 0. The van der Waals surface area contributed by atoms with Crippen LogP contribution < -0.4 is 5.32 Å². The lowest BCUT2D eigenvalue weighted by molar-refractivity contribution is 0.0353. The molecule has 1 rings (SSSR count). The molecule has 0 radical (unpaired) electrons. The molecule has 110 valence electrons. The highest BCUT2D eigenvalue weighted by Gasteiger charge is 2.04. The quantitative estimate of drug-likeness (QED) is 0.597. The SMILES string of the molecule is CCCCCCOCC(O)CNCc1ccn(C)n1. The van der Waals surface area contributed by atoms with Crippen LogP contribution in [0.2, 0.25) is 0 Å². The third kappa shape index (κ3) is 7.97. The standard InChI is InChI=1S/C14H27N3O2/c1-3-4-5-6-9-19-12-14(18)11-15-10-13-7-8-17(2)16-13/h7-8,14-15,18H,3-6,9-12H2,1-2H3. The molecule has 19 heavy (non-hydrogen) atoms. The lowest BCUT2D eigenvalue weighted by atomic mass is 10.2. The molecule has 1 unspecified atom stereocenters. The van der Waals surface area contributed by atoms with Crippen LogP contribution in [0.3, 0.4) is 0 Å². The van der Waals surface area contributed by atoms with Crippen molar-refractivity contribution in [1.29, 1.82) is 0 Å². The molecule has 0 aliphatic heterocycles. The molecule has 0 amide bonds. The highest BCUT2D eigenvalue weighted by Crippen LogP contribution is 1.99. The first-order valence-corrected chi connectivity index (χ1v) is 7.17. The Labute approximate surface area is 116 Å². The molecular weight excluding hydrogens is 242 g/mol. The van der Waals surface area contributed by atoms with Gasteiger partial charge in [0.2, 0.25) is 0 Å². The van der Waals surface area contributed by atoms with E-state index in [0.717, 1.165) is 18.7 Å². The smallest absolute Gasteiger partial charge is 0.0897 e. The molecule has 0 aromatic carbocycles. The van der Waals surface area contributed by atoms with Gasteiger partial charge in [0.15, 0.2) is 0 Å². The second kappa shape index (κ2) is 9.95. The van der Waals surface area contributed by atoms with Crippen LogP contribution in [0, 0.1) is 0 Å². The topological polar surface area (TPSA) is 59.3 Å². The van der Waals surface area contributed by atoms with Crippen molar-refractivity contribution in [1.82, 2.24) is 15.1 Å². The van der Waals surface area contributed by atoms with Crippen LogP contribution >= 0.6 is 0 Å². The monoisotopic (exact) mass is 269 g/mol. The van der Waals surface area contributed by atoms with Crippen molar-refractivity contribution in [2.75, 3.05) is 19.8 Å². The lowest BCUT2D eigenvalue weighted by Gasteiger charge is -2.11. The molecule has 5 nitrogen and oxygen atoms in total. The van der Waals surface area contributed by atoms with E-state index in [1.807, 2.05) is 19.3 Å². The van der Waals surface area contributed by atoms with Gasteiger partial charge in [-0.25, -0.2) is 0 Å². The summed E-state index contributed by atoms with van der Waals surface area (Å²) < 4.78 is 7.21. The Kier molecular flexibility index (Phi) is 8.45. The van der Waals surface area contributed by atoms with E-state index in [-0.39, 0.29) is 0 Å². The predicted molar refractivity (Wildman–Crippen MR) is 75.9 cm³/mol. The Morgan fingerprint density at radius 2 is 2.26 bits per heavy atom. The van der Waals surface area contributed by atoms with E-state index in [1.165, 1.54) is 19.3 Å². The number of hydrogen-bond donors (Lipinski definition) is 2. The lowest BCUT2D eigenvalue weighted by Crippen LogP contribution is -2.30. The van der Waals surface area contributed by atoms with E-state index in [1.54, 1.807) is 4.68 Å². The summed E-state index contributed by atoms with van der Waals surface area (Å²) in [5, 5.41) is 17.1. The van der Waals surface area contributed by atoms with Gasteiger partial charge in [0, 0.05) is 32.9 Å². The highest BCUT2D eigenvalue weighted by atomic mass is 16.5.